The maximum atomic E-state index is 12.8. The van der Waals surface area contributed by atoms with E-state index in [9.17, 15) is 13.2 Å². The van der Waals surface area contributed by atoms with Crippen molar-refractivity contribution in [1.29, 1.82) is 0 Å². The fourth-order valence-corrected chi connectivity index (χ4v) is 4.16. The molecule has 0 atom stereocenters. The molecule has 1 N–H and O–H groups in total. The molecule has 7 nitrogen and oxygen atoms in total. The molecule has 25 heavy (non-hydrogen) atoms. The van der Waals surface area contributed by atoms with Gasteiger partial charge in [0.2, 0.25) is 10.0 Å². The van der Waals surface area contributed by atoms with Gasteiger partial charge in [0.15, 0.2) is 0 Å². The molecule has 0 radical (unpaired) electrons. The first kappa shape index (κ1) is 20.1. The number of amides is 1. The van der Waals surface area contributed by atoms with Gasteiger partial charge in [0.1, 0.15) is 0 Å². The molecular weight excluding hydrogens is 364 g/mol. The van der Waals surface area contributed by atoms with Crippen molar-refractivity contribution >= 4 is 27.5 Å². The summed E-state index contributed by atoms with van der Waals surface area (Å²) in [6.45, 7) is 3.38. The molecule has 0 saturated carbocycles. The second kappa shape index (κ2) is 8.46. The van der Waals surface area contributed by atoms with Crippen molar-refractivity contribution in [2.75, 3.05) is 60.4 Å². The smallest absolute Gasteiger partial charge is 0.252 e. The third-order valence-corrected chi connectivity index (χ3v) is 6.35. The van der Waals surface area contributed by atoms with E-state index in [0.29, 0.717) is 39.3 Å². The van der Waals surface area contributed by atoms with Gasteiger partial charge >= 0.3 is 0 Å². The van der Waals surface area contributed by atoms with E-state index >= 15 is 0 Å². The van der Waals surface area contributed by atoms with Gasteiger partial charge in [-0.05, 0) is 39.3 Å². The largest absolute Gasteiger partial charge is 0.351 e. The second-order valence-corrected chi connectivity index (χ2v) is 8.75. The van der Waals surface area contributed by atoms with Crippen molar-refractivity contribution in [2.45, 2.75) is 4.90 Å². The minimum Gasteiger partial charge on any atom is -0.351 e. The van der Waals surface area contributed by atoms with E-state index in [2.05, 4.69) is 10.2 Å². The third-order valence-electron chi connectivity index (χ3n) is 4.13. The Bertz CT molecular complexity index is 716. The Labute approximate surface area is 154 Å². The van der Waals surface area contributed by atoms with Gasteiger partial charge in [-0.2, -0.15) is 4.31 Å². The molecule has 0 aliphatic carbocycles. The van der Waals surface area contributed by atoms with Crippen LogP contribution >= 0.6 is 11.6 Å². The van der Waals surface area contributed by atoms with E-state index in [4.69, 9.17) is 11.6 Å². The topological polar surface area (TPSA) is 73.0 Å². The summed E-state index contributed by atoms with van der Waals surface area (Å²) in [5.74, 6) is -0.373. The molecule has 1 saturated heterocycles. The van der Waals surface area contributed by atoms with Crippen molar-refractivity contribution in [3.8, 4) is 0 Å². The molecule has 1 fully saturated rings. The monoisotopic (exact) mass is 388 g/mol. The van der Waals surface area contributed by atoms with Crippen LogP contribution in [0.5, 0.6) is 0 Å². The number of piperazine rings is 1. The fourth-order valence-electron chi connectivity index (χ4n) is 2.50. The molecule has 2 rings (SSSR count). The molecule has 1 aromatic rings. The average Bonchev–Trinajstić information content (AvgIpc) is 2.55. The van der Waals surface area contributed by atoms with E-state index in [1.807, 2.05) is 26.0 Å². The predicted molar refractivity (Wildman–Crippen MR) is 98.6 cm³/mol. The van der Waals surface area contributed by atoms with Gasteiger partial charge in [0, 0.05) is 39.3 Å². The lowest BCUT2D eigenvalue weighted by Gasteiger charge is -2.31. The lowest BCUT2D eigenvalue weighted by atomic mass is 10.2. The van der Waals surface area contributed by atoms with Crippen LogP contribution in [0.4, 0.5) is 0 Å². The highest BCUT2D eigenvalue weighted by molar-refractivity contribution is 7.89. The number of sulfonamides is 1. The molecule has 1 aromatic carbocycles. The van der Waals surface area contributed by atoms with Gasteiger partial charge < -0.3 is 15.1 Å². The maximum Gasteiger partial charge on any atom is 0.252 e. The van der Waals surface area contributed by atoms with E-state index in [1.165, 1.54) is 22.5 Å². The molecule has 1 aliphatic rings. The zero-order valence-corrected chi connectivity index (χ0v) is 16.4. The zero-order valence-electron chi connectivity index (χ0n) is 14.8. The van der Waals surface area contributed by atoms with Crippen molar-refractivity contribution < 1.29 is 13.2 Å². The van der Waals surface area contributed by atoms with Crippen LogP contribution in [0.1, 0.15) is 10.4 Å². The number of halogens is 1. The van der Waals surface area contributed by atoms with E-state index in [-0.39, 0.29) is 21.4 Å². The van der Waals surface area contributed by atoms with Crippen LogP contribution in [0.2, 0.25) is 5.02 Å². The number of hydrogen-bond donors (Lipinski definition) is 1. The van der Waals surface area contributed by atoms with Gasteiger partial charge in [0.05, 0.1) is 15.5 Å². The van der Waals surface area contributed by atoms with Gasteiger partial charge in [-0.1, -0.05) is 11.6 Å². The van der Waals surface area contributed by atoms with Crippen LogP contribution < -0.4 is 5.32 Å². The quantitative estimate of drug-likeness (QED) is 0.771. The molecule has 0 bridgehead atoms. The molecule has 1 aliphatic heterocycles. The van der Waals surface area contributed by atoms with Crippen molar-refractivity contribution in [3.63, 3.8) is 0 Å². The summed E-state index contributed by atoms with van der Waals surface area (Å²) in [6, 6.07) is 4.28. The lowest BCUT2D eigenvalue weighted by molar-refractivity contribution is 0.0951. The molecular formula is C16H25ClN4O3S. The summed E-state index contributed by atoms with van der Waals surface area (Å²) in [5, 5.41) is 2.99. The Balaban J connectivity index is 2.18. The van der Waals surface area contributed by atoms with Crippen molar-refractivity contribution in [1.82, 2.24) is 19.4 Å². The normalized spacial score (nSPS) is 17.0. The van der Waals surface area contributed by atoms with Crippen molar-refractivity contribution in [3.05, 3.63) is 28.8 Å². The van der Waals surface area contributed by atoms with Gasteiger partial charge in [-0.15, -0.1) is 0 Å². The Hall–Kier alpha value is -1.19. The third kappa shape index (κ3) is 5.15. The SMILES string of the molecule is CN(C)CCNC(=O)c1cc(S(=O)(=O)N2CCN(C)CC2)ccc1Cl. The highest BCUT2D eigenvalue weighted by Gasteiger charge is 2.28. The number of likely N-dealkylation sites (N-methyl/N-ethyl adjacent to an activating group) is 2. The summed E-state index contributed by atoms with van der Waals surface area (Å²) in [5.41, 5.74) is 0.177. The maximum absolute atomic E-state index is 12.8. The lowest BCUT2D eigenvalue weighted by Crippen LogP contribution is -2.47. The molecule has 140 valence electrons. The Morgan fingerprint density at radius 1 is 1.24 bits per heavy atom. The fraction of sp³-hybridized carbons (Fsp3) is 0.562. The van der Waals surface area contributed by atoms with Crippen LogP contribution in [0, 0.1) is 0 Å². The highest BCUT2D eigenvalue weighted by Crippen LogP contribution is 2.23. The molecule has 1 heterocycles. The molecule has 9 heteroatoms. The molecule has 0 spiro atoms. The number of hydrogen-bond acceptors (Lipinski definition) is 5. The first-order chi connectivity index (χ1) is 11.7. The Morgan fingerprint density at radius 2 is 1.88 bits per heavy atom. The Morgan fingerprint density at radius 3 is 2.48 bits per heavy atom. The first-order valence-corrected chi connectivity index (χ1v) is 9.95. The number of carbonyl (C=O) groups is 1. The summed E-state index contributed by atoms with van der Waals surface area (Å²) >= 11 is 6.10. The zero-order chi connectivity index (χ0) is 18.6. The predicted octanol–water partition coefficient (Wildman–Crippen LogP) is 0.568. The standard InChI is InChI=1S/C16H25ClN4O3S/c1-19(2)7-6-18-16(22)14-12-13(4-5-15(14)17)25(23,24)21-10-8-20(3)9-11-21/h4-5,12H,6-11H2,1-3H3,(H,18,22). The van der Waals surface area contributed by atoms with Crippen LogP contribution in [0.3, 0.4) is 0 Å². The van der Waals surface area contributed by atoms with Crippen LogP contribution in [-0.4, -0.2) is 88.8 Å². The minimum absolute atomic E-state index is 0.0965. The van der Waals surface area contributed by atoms with Crippen LogP contribution in [-0.2, 0) is 10.0 Å². The average molecular weight is 389 g/mol. The van der Waals surface area contributed by atoms with E-state index in [0.717, 1.165) is 0 Å². The first-order valence-electron chi connectivity index (χ1n) is 8.13. The van der Waals surface area contributed by atoms with Crippen LogP contribution in [0.25, 0.3) is 0 Å². The van der Waals surface area contributed by atoms with Gasteiger partial charge in [0.25, 0.3) is 5.91 Å². The van der Waals surface area contributed by atoms with E-state index in [1.54, 1.807) is 0 Å². The number of nitrogens with zero attached hydrogens (tertiary/aromatic N) is 3. The molecule has 1 amide bonds. The number of benzene rings is 1. The summed E-state index contributed by atoms with van der Waals surface area (Å²) < 4.78 is 27.1. The van der Waals surface area contributed by atoms with E-state index < -0.39 is 10.0 Å². The highest BCUT2D eigenvalue weighted by atomic mass is 35.5. The molecule has 0 aromatic heterocycles. The second-order valence-electron chi connectivity index (χ2n) is 6.41. The van der Waals surface area contributed by atoms with Crippen LogP contribution in [0.15, 0.2) is 23.1 Å². The number of rotatable bonds is 6. The summed E-state index contributed by atoms with van der Waals surface area (Å²) in [7, 11) is 2.14. The van der Waals surface area contributed by atoms with Gasteiger partial charge in [-0.25, -0.2) is 8.42 Å². The number of nitrogens with one attached hydrogen (secondary N) is 1. The Kier molecular flexibility index (Phi) is 6.81. The number of carbonyl (C=O) groups excluding carboxylic acids is 1. The summed E-state index contributed by atoms with van der Waals surface area (Å²) in [6.07, 6.45) is 0. The van der Waals surface area contributed by atoms with Crippen molar-refractivity contribution in [2.24, 2.45) is 0 Å². The minimum atomic E-state index is -3.63. The van der Waals surface area contributed by atoms with Gasteiger partial charge in [-0.3, -0.25) is 4.79 Å². The summed E-state index contributed by atoms with van der Waals surface area (Å²) in [4.78, 5) is 16.4. The molecule has 0 unspecified atom stereocenters.